The first-order valence-electron chi connectivity index (χ1n) is 18.4. The molecule has 3 aromatic heterocycles. The molecule has 55 heavy (non-hydrogen) atoms. The van der Waals surface area contributed by atoms with Crippen LogP contribution in [0.25, 0.3) is 95.3 Å². The summed E-state index contributed by atoms with van der Waals surface area (Å²) in [5, 5.41) is 2.38. The van der Waals surface area contributed by atoms with Crippen LogP contribution >= 0.6 is 0 Å². The van der Waals surface area contributed by atoms with Crippen LogP contribution < -0.4 is 0 Å². The summed E-state index contributed by atoms with van der Waals surface area (Å²) in [6, 6.07) is 69.2. The first-order valence-corrected chi connectivity index (χ1v) is 18.4. The Bertz CT molecular complexity index is 2900. The fraction of sp³-hybridized carbons (Fsp3) is 0. The van der Waals surface area contributed by atoms with Crippen molar-refractivity contribution >= 4 is 21.8 Å². The lowest BCUT2D eigenvalue weighted by molar-refractivity contribution is 1.07. The van der Waals surface area contributed by atoms with Crippen molar-refractivity contribution < 1.29 is 0 Å². The van der Waals surface area contributed by atoms with Gasteiger partial charge < -0.3 is 4.57 Å². The molecule has 0 aliphatic rings. The topological polar surface area (TPSA) is 56.5 Å². The van der Waals surface area contributed by atoms with Gasteiger partial charge in [-0.1, -0.05) is 152 Å². The van der Waals surface area contributed by atoms with Crippen molar-refractivity contribution in [2.75, 3.05) is 0 Å². The van der Waals surface area contributed by atoms with E-state index in [2.05, 4.69) is 126 Å². The van der Waals surface area contributed by atoms with Gasteiger partial charge in [0.05, 0.1) is 28.1 Å². The fourth-order valence-corrected chi connectivity index (χ4v) is 7.41. The molecule has 10 aromatic rings. The minimum atomic E-state index is 0.592. The maximum Gasteiger partial charge on any atom is 0.164 e. The van der Waals surface area contributed by atoms with E-state index < -0.39 is 0 Å². The first kappa shape index (κ1) is 32.2. The normalized spacial score (nSPS) is 11.3. The largest absolute Gasteiger partial charge is 0.309 e. The Morgan fingerprint density at radius 2 is 0.800 bits per heavy atom. The highest BCUT2D eigenvalue weighted by Crippen LogP contribution is 2.39. The van der Waals surface area contributed by atoms with Crippen molar-refractivity contribution in [1.82, 2.24) is 24.5 Å². The Balaban J connectivity index is 1.22. The van der Waals surface area contributed by atoms with Crippen molar-refractivity contribution in [3.8, 4) is 73.5 Å². The zero-order valence-corrected chi connectivity index (χ0v) is 29.8. The van der Waals surface area contributed by atoms with E-state index in [4.69, 9.17) is 19.9 Å². The average molecular weight is 704 g/mol. The zero-order valence-electron chi connectivity index (χ0n) is 29.8. The van der Waals surface area contributed by atoms with E-state index in [-0.39, 0.29) is 0 Å². The van der Waals surface area contributed by atoms with Gasteiger partial charge in [-0.2, -0.15) is 0 Å². The van der Waals surface area contributed by atoms with Crippen molar-refractivity contribution in [1.29, 1.82) is 0 Å². The molecular weight excluding hydrogens is 671 g/mol. The van der Waals surface area contributed by atoms with Gasteiger partial charge in [0.25, 0.3) is 0 Å². The van der Waals surface area contributed by atoms with Gasteiger partial charge >= 0.3 is 0 Å². The summed E-state index contributed by atoms with van der Waals surface area (Å²) < 4.78 is 2.37. The third kappa shape index (κ3) is 6.04. The van der Waals surface area contributed by atoms with Gasteiger partial charge in [0.1, 0.15) is 0 Å². The van der Waals surface area contributed by atoms with E-state index in [0.29, 0.717) is 17.5 Å². The van der Waals surface area contributed by atoms with E-state index >= 15 is 0 Å². The van der Waals surface area contributed by atoms with Gasteiger partial charge in [0.15, 0.2) is 17.5 Å². The number of pyridine rings is 1. The molecule has 5 nitrogen and oxygen atoms in total. The minimum Gasteiger partial charge on any atom is -0.309 e. The van der Waals surface area contributed by atoms with Crippen molar-refractivity contribution in [3.05, 3.63) is 200 Å². The molecule has 0 amide bonds. The number of rotatable bonds is 7. The Morgan fingerprint density at radius 3 is 1.45 bits per heavy atom. The summed E-state index contributed by atoms with van der Waals surface area (Å²) in [6.45, 7) is 0. The molecule has 0 aliphatic heterocycles. The number of para-hydroxylation sites is 1. The van der Waals surface area contributed by atoms with E-state index in [0.717, 1.165) is 55.9 Å². The van der Waals surface area contributed by atoms with Crippen LogP contribution in [-0.4, -0.2) is 24.5 Å². The Morgan fingerprint density at radius 1 is 0.291 bits per heavy atom. The molecule has 5 heteroatoms. The van der Waals surface area contributed by atoms with Crippen LogP contribution in [0.3, 0.4) is 0 Å². The van der Waals surface area contributed by atoms with Gasteiger partial charge in [-0.15, -0.1) is 0 Å². The molecule has 0 bridgehead atoms. The molecule has 0 radical (unpaired) electrons. The second-order valence-electron chi connectivity index (χ2n) is 13.5. The molecule has 0 aliphatic carbocycles. The molecule has 7 aromatic carbocycles. The van der Waals surface area contributed by atoms with Crippen molar-refractivity contribution in [2.24, 2.45) is 0 Å². The van der Waals surface area contributed by atoms with Gasteiger partial charge in [0.2, 0.25) is 0 Å². The average Bonchev–Trinajstić information content (AvgIpc) is 3.61. The SMILES string of the molecule is c1ccc(-c2ccc3c(c2)c2ccccc2n3-c2ccc(-c3nc(-c4ccccc4)nc(-c4ccccc4)n3)cc2-c2cccc(-c3ccccc3)n2)cc1. The lowest BCUT2D eigenvalue weighted by Crippen LogP contribution is -2.02. The van der Waals surface area contributed by atoms with Gasteiger partial charge in [-0.25, -0.2) is 19.9 Å². The van der Waals surface area contributed by atoms with Gasteiger partial charge in [-0.05, 0) is 59.7 Å². The number of hydrogen-bond donors (Lipinski definition) is 0. The maximum absolute atomic E-state index is 5.30. The molecule has 0 spiro atoms. The lowest BCUT2D eigenvalue weighted by atomic mass is 10.0. The molecule has 0 atom stereocenters. The number of aromatic nitrogens is 5. The summed E-state index contributed by atoms with van der Waals surface area (Å²) in [5.74, 6) is 1.83. The predicted molar refractivity (Wildman–Crippen MR) is 225 cm³/mol. The van der Waals surface area contributed by atoms with E-state index in [1.165, 1.54) is 21.9 Å². The van der Waals surface area contributed by atoms with Gasteiger partial charge in [0, 0.05) is 38.6 Å². The number of hydrogen-bond acceptors (Lipinski definition) is 4. The Hall–Kier alpha value is -7.50. The molecule has 0 saturated carbocycles. The Labute approximate surface area is 318 Å². The van der Waals surface area contributed by atoms with Crippen LogP contribution in [0.4, 0.5) is 0 Å². The van der Waals surface area contributed by atoms with Crippen LogP contribution in [0, 0.1) is 0 Å². The summed E-state index contributed by atoms with van der Waals surface area (Å²) >= 11 is 0. The Kier molecular flexibility index (Phi) is 8.08. The number of nitrogens with zero attached hydrogens (tertiary/aromatic N) is 5. The fourth-order valence-electron chi connectivity index (χ4n) is 7.41. The zero-order chi connectivity index (χ0) is 36.6. The third-order valence-corrected chi connectivity index (χ3v) is 10.1. The number of fused-ring (bicyclic) bond motifs is 3. The standard InChI is InChI=1S/C50H33N5/c1-5-16-34(17-6-1)38-28-30-46-41(32-38)40-24-13-14-27-45(40)55(46)47-31-29-39(33-42(47)44-26-15-25-43(51-44)35-18-7-2-8-19-35)50-53-48(36-20-9-3-10-21-36)52-49(54-50)37-22-11-4-12-23-37/h1-33H. The molecule has 0 unspecified atom stereocenters. The minimum absolute atomic E-state index is 0.592. The molecule has 0 N–H and O–H groups in total. The second-order valence-corrected chi connectivity index (χ2v) is 13.5. The molecule has 3 heterocycles. The van der Waals surface area contributed by atoms with Crippen molar-refractivity contribution in [2.45, 2.75) is 0 Å². The monoisotopic (exact) mass is 703 g/mol. The van der Waals surface area contributed by atoms with Crippen LogP contribution in [-0.2, 0) is 0 Å². The van der Waals surface area contributed by atoms with Gasteiger partial charge in [-0.3, -0.25) is 0 Å². The first-order chi connectivity index (χ1) is 27.3. The molecule has 10 rings (SSSR count). The van der Waals surface area contributed by atoms with E-state index in [1.54, 1.807) is 0 Å². The van der Waals surface area contributed by atoms with Crippen LogP contribution in [0.5, 0.6) is 0 Å². The highest BCUT2D eigenvalue weighted by atomic mass is 15.0. The van der Waals surface area contributed by atoms with Crippen molar-refractivity contribution in [3.63, 3.8) is 0 Å². The molecule has 0 saturated heterocycles. The molecule has 258 valence electrons. The smallest absolute Gasteiger partial charge is 0.164 e. The second kappa shape index (κ2) is 13.8. The third-order valence-electron chi connectivity index (χ3n) is 10.1. The molecule has 0 fully saturated rings. The van der Waals surface area contributed by atoms with E-state index in [1.807, 2.05) is 78.9 Å². The predicted octanol–water partition coefficient (Wildman–Crippen LogP) is 12.4. The molecular formula is C50H33N5. The quantitative estimate of drug-likeness (QED) is 0.166. The summed E-state index contributed by atoms with van der Waals surface area (Å²) in [4.78, 5) is 20.4. The van der Waals surface area contributed by atoms with Crippen LogP contribution in [0.15, 0.2) is 200 Å². The lowest BCUT2D eigenvalue weighted by Gasteiger charge is -2.16. The summed E-state index contributed by atoms with van der Waals surface area (Å²) in [5.41, 5.74) is 12.1. The van der Waals surface area contributed by atoms with Crippen LogP contribution in [0.2, 0.25) is 0 Å². The van der Waals surface area contributed by atoms with Crippen LogP contribution in [0.1, 0.15) is 0 Å². The highest BCUT2D eigenvalue weighted by molar-refractivity contribution is 6.11. The number of benzene rings is 7. The summed E-state index contributed by atoms with van der Waals surface area (Å²) in [7, 11) is 0. The van der Waals surface area contributed by atoms with E-state index in [9.17, 15) is 0 Å². The summed E-state index contributed by atoms with van der Waals surface area (Å²) in [6.07, 6.45) is 0. The maximum atomic E-state index is 5.30. The highest BCUT2D eigenvalue weighted by Gasteiger charge is 2.20.